The average molecular weight is 285 g/mol. The Kier molecular flexibility index (Phi) is 5.64. The van der Waals surface area contributed by atoms with Crippen molar-refractivity contribution in [3.63, 3.8) is 0 Å². The Labute approximate surface area is 126 Å². The van der Waals surface area contributed by atoms with Crippen molar-refractivity contribution < 1.29 is 9.47 Å². The quantitative estimate of drug-likeness (QED) is 0.809. The zero-order valence-electron chi connectivity index (χ0n) is 12.9. The van der Waals surface area contributed by atoms with Gasteiger partial charge in [0.25, 0.3) is 0 Å². The van der Waals surface area contributed by atoms with E-state index in [0.717, 1.165) is 23.7 Å². The number of rotatable bonds is 7. The molecule has 0 aromatic heterocycles. The van der Waals surface area contributed by atoms with Crippen molar-refractivity contribution in [1.82, 2.24) is 5.32 Å². The maximum Gasteiger partial charge on any atom is 0.169 e. The van der Waals surface area contributed by atoms with Gasteiger partial charge in [-0.1, -0.05) is 31.2 Å². The summed E-state index contributed by atoms with van der Waals surface area (Å²) in [7, 11) is 1.95. The van der Waals surface area contributed by atoms with Crippen LogP contribution in [0.25, 0.3) is 0 Å². The second-order valence-electron chi connectivity index (χ2n) is 4.98. The summed E-state index contributed by atoms with van der Waals surface area (Å²) in [5, 5.41) is 3.23. The lowest BCUT2D eigenvalue weighted by Crippen LogP contribution is -2.12. The predicted octanol–water partition coefficient (Wildman–Crippen LogP) is 4.55. The molecular formula is C18H23NO2. The van der Waals surface area contributed by atoms with Gasteiger partial charge in [0.2, 0.25) is 0 Å². The molecule has 0 aliphatic rings. The molecule has 0 amide bonds. The van der Waals surface area contributed by atoms with Gasteiger partial charge >= 0.3 is 0 Å². The van der Waals surface area contributed by atoms with E-state index in [2.05, 4.69) is 31.3 Å². The third-order valence-corrected chi connectivity index (χ3v) is 3.33. The second kappa shape index (κ2) is 7.70. The Morgan fingerprint density at radius 1 is 1.05 bits per heavy atom. The van der Waals surface area contributed by atoms with E-state index in [1.54, 1.807) is 0 Å². The molecule has 2 rings (SSSR count). The fourth-order valence-electron chi connectivity index (χ4n) is 2.01. The minimum Gasteiger partial charge on any atom is -0.490 e. The Hall–Kier alpha value is -2.00. The Morgan fingerprint density at radius 2 is 1.81 bits per heavy atom. The van der Waals surface area contributed by atoms with Crippen molar-refractivity contribution in [3.05, 3.63) is 54.1 Å². The highest BCUT2D eigenvalue weighted by atomic mass is 16.5. The van der Waals surface area contributed by atoms with E-state index in [0.29, 0.717) is 12.6 Å². The van der Waals surface area contributed by atoms with Gasteiger partial charge in [-0.2, -0.15) is 0 Å². The van der Waals surface area contributed by atoms with Crippen molar-refractivity contribution in [1.29, 1.82) is 0 Å². The number of para-hydroxylation sites is 2. The fraction of sp³-hybridized carbons (Fsp3) is 0.333. The van der Waals surface area contributed by atoms with Crippen molar-refractivity contribution in [3.8, 4) is 17.2 Å². The summed E-state index contributed by atoms with van der Waals surface area (Å²) in [4.78, 5) is 0. The van der Waals surface area contributed by atoms with Crippen LogP contribution in [0.4, 0.5) is 0 Å². The summed E-state index contributed by atoms with van der Waals surface area (Å²) in [6.07, 6.45) is 0.976. The van der Waals surface area contributed by atoms with Gasteiger partial charge in [-0.3, -0.25) is 0 Å². The highest BCUT2D eigenvalue weighted by Crippen LogP contribution is 2.32. The van der Waals surface area contributed by atoms with E-state index in [1.807, 2.05) is 43.4 Å². The van der Waals surface area contributed by atoms with Gasteiger partial charge in [0, 0.05) is 6.04 Å². The Morgan fingerprint density at radius 3 is 2.52 bits per heavy atom. The maximum atomic E-state index is 5.99. The molecule has 21 heavy (non-hydrogen) atoms. The van der Waals surface area contributed by atoms with Gasteiger partial charge in [0.15, 0.2) is 11.5 Å². The maximum absolute atomic E-state index is 5.99. The lowest BCUT2D eigenvalue weighted by Gasteiger charge is -2.14. The van der Waals surface area contributed by atoms with Crippen LogP contribution in [0.15, 0.2) is 48.5 Å². The first-order valence-corrected chi connectivity index (χ1v) is 7.41. The van der Waals surface area contributed by atoms with E-state index >= 15 is 0 Å². The molecule has 1 N–H and O–H groups in total. The lowest BCUT2D eigenvalue weighted by atomic mass is 10.1. The third-order valence-electron chi connectivity index (χ3n) is 3.33. The SMILES string of the molecule is CCCOc1ccccc1Oc1cccc(C(C)NC)c1. The molecule has 0 heterocycles. The molecule has 0 saturated carbocycles. The fourth-order valence-corrected chi connectivity index (χ4v) is 2.01. The molecule has 0 aliphatic carbocycles. The number of hydrogen-bond donors (Lipinski definition) is 1. The van der Waals surface area contributed by atoms with E-state index in [-0.39, 0.29) is 0 Å². The molecule has 0 radical (unpaired) electrons. The van der Waals surface area contributed by atoms with Gasteiger partial charge in [-0.25, -0.2) is 0 Å². The zero-order valence-corrected chi connectivity index (χ0v) is 12.9. The monoisotopic (exact) mass is 285 g/mol. The van der Waals surface area contributed by atoms with E-state index in [4.69, 9.17) is 9.47 Å². The van der Waals surface area contributed by atoms with Crippen LogP contribution in [-0.4, -0.2) is 13.7 Å². The van der Waals surface area contributed by atoms with Crippen LogP contribution in [0.2, 0.25) is 0 Å². The van der Waals surface area contributed by atoms with Crippen LogP contribution in [-0.2, 0) is 0 Å². The first-order valence-electron chi connectivity index (χ1n) is 7.41. The summed E-state index contributed by atoms with van der Waals surface area (Å²) in [6.45, 7) is 4.90. The largest absolute Gasteiger partial charge is 0.490 e. The van der Waals surface area contributed by atoms with E-state index in [9.17, 15) is 0 Å². The zero-order chi connectivity index (χ0) is 15.1. The molecule has 0 bridgehead atoms. The molecule has 3 heteroatoms. The van der Waals surface area contributed by atoms with Gasteiger partial charge in [0.1, 0.15) is 5.75 Å². The Bertz CT molecular complexity index is 569. The molecule has 0 fully saturated rings. The molecule has 2 aromatic carbocycles. The van der Waals surface area contributed by atoms with Crippen molar-refractivity contribution in [2.45, 2.75) is 26.3 Å². The molecule has 1 unspecified atom stereocenters. The highest BCUT2D eigenvalue weighted by Gasteiger charge is 2.07. The topological polar surface area (TPSA) is 30.5 Å². The first kappa shape index (κ1) is 15.4. The molecule has 112 valence electrons. The first-order chi connectivity index (χ1) is 10.2. The predicted molar refractivity (Wildman–Crippen MR) is 86.2 cm³/mol. The summed E-state index contributed by atoms with van der Waals surface area (Å²) >= 11 is 0. The molecule has 2 aromatic rings. The number of nitrogens with one attached hydrogen (secondary N) is 1. The number of ether oxygens (including phenoxy) is 2. The molecule has 0 aliphatic heterocycles. The summed E-state index contributed by atoms with van der Waals surface area (Å²) in [5.41, 5.74) is 1.20. The van der Waals surface area contributed by atoms with Gasteiger partial charge < -0.3 is 14.8 Å². The van der Waals surface area contributed by atoms with Crippen LogP contribution in [0.1, 0.15) is 31.9 Å². The van der Waals surface area contributed by atoms with Crippen molar-refractivity contribution in [2.24, 2.45) is 0 Å². The molecule has 1 atom stereocenters. The van der Waals surface area contributed by atoms with Gasteiger partial charge in [0.05, 0.1) is 6.61 Å². The average Bonchev–Trinajstić information content (AvgIpc) is 2.53. The minimum absolute atomic E-state index is 0.292. The van der Waals surface area contributed by atoms with Gasteiger partial charge in [-0.15, -0.1) is 0 Å². The summed E-state index contributed by atoms with van der Waals surface area (Å²) < 4.78 is 11.7. The molecule has 3 nitrogen and oxygen atoms in total. The second-order valence-corrected chi connectivity index (χ2v) is 4.98. The van der Waals surface area contributed by atoms with Crippen molar-refractivity contribution >= 4 is 0 Å². The number of benzene rings is 2. The summed E-state index contributed by atoms with van der Waals surface area (Å²) in [6, 6.07) is 16.2. The van der Waals surface area contributed by atoms with Crippen LogP contribution in [0.5, 0.6) is 17.2 Å². The smallest absolute Gasteiger partial charge is 0.169 e. The van der Waals surface area contributed by atoms with Crippen LogP contribution in [0, 0.1) is 0 Å². The standard InChI is InChI=1S/C18H23NO2/c1-4-12-20-17-10-5-6-11-18(17)21-16-9-7-8-15(13-16)14(2)19-3/h5-11,13-14,19H,4,12H2,1-3H3. The molecule has 0 saturated heterocycles. The van der Waals surface area contributed by atoms with E-state index in [1.165, 1.54) is 5.56 Å². The lowest BCUT2D eigenvalue weighted by molar-refractivity contribution is 0.302. The number of hydrogen-bond acceptors (Lipinski definition) is 3. The normalized spacial score (nSPS) is 12.0. The van der Waals surface area contributed by atoms with Gasteiger partial charge in [-0.05, 0) is 50.2 Å². The van der Waals surface area contributed by atoms with Crippen molar-refractivity contribution in [2.75, 3.05) is 13.7 Å². The third kappa shape index (κ3) is 4.23. The van der Waals surface area contributed by atoms with E-state index < -0.39 is 0 Å². The molecular weight excluding hydrogens is 262 g/mol. The minimum atomic E-state index is 0.292. The van der Waals surface area contributed by atoms with Crippen LogP contribution in [0.3, 0.4) is 0 Å². The van der Waals surface area contributed by atoms with Crippen LogP contribution < -0.4 is 14.8 Å². The Balaban J connectivity index is 2.18. The van der Waals surface area contributed by atoms with Crippen LogP contribution >= 0.6 is 0 Å². The summed E-state index contributed by atoms with van der Waals surface area (Å²) in [5.74, 6) is 2.36. The molecule has 0 spiro atoms. The highest BCUT2D eigenvalue weighted by molar-refractivity contribution is 5.43.